The summed E-state index contributed by atoms with van der Waals surface area (Å²) < 4.78 is 6.40. The number of hydrogen-bond donors (Lipinski definition) is 3. The van der Waals surface area contributed by atoms with Crippen molar-refractivity contribution in [3.63, 3.8) is 0 Å². The number of carbonyl (C=O) groups is 2. The molecule has 0 saturated heterocycles. The molecule has 8 heteroatoms. The maximum Gasteiger partial charge on any atom is 0.305 e. The van der Waals surface area contributed by atoms with Gasteiger partial charge in [-0.15, -0.1) is 0 Å². The lowest BCUT2D eigenvalue weighted by Gasteiger charge is -2.17. The number of rotatable bonds is 7. The Hall–Kier alpha value is -3.81. The minimum Gasteiger partial charge on any atom is -0.497 e. The van der Waals surface area contributed by atoms with Gasteiger partial charge in [0.1, 0.15) is 11.4 Å². The summed E-state index contributed by atoms with van der Waals surface area (Å²) in [7, 11) is 1.50. The second-order valence-corrected chi connectivity index (χ2v) is 6.08. The molecule has 1 heterocycles. The second kappa shape index (κ2) is 8.26. The highest BCUT2D eigenvalue weighted by molar-refractivity contribution is 5.92. The molecule has 0 spiro atoms. The van der Waals surface area contributed by atoms with Gasteiger partial charge in [-0.3, -0.25) is 19.5 Å². The quantitative estimate of drug-likeness (QED) is 0.580. The molecule has 0 bridgehead atoms. The van der Waals surface area contributed by atoms with Crippen LogP contribution in [0, 0.1) is 0 Å². The number of carboxylic acids is 1. The number of nitrogens with zero attached hydrogens (tertiary/aromatic N) is 1. The van der Waals surface area contributed by atoms with Gasteiger partial charge in [0, 0.05) is 6.07 Å². The third kappa shape index (κ3) is 4.29. The van der Waals surface area contributed by atoms with Crippen LogP contribution in [-0.2, 0) is 4.79 Å². The minimum absolute atomic E-state index is 0.0344. The number of aliphatic carboxylic acids is 1. The molecule has 0 saturated carbocycles. The number of H-pyrrole nitrogens is 1. The first-order valence-electron chi connectivity index (χ1n) is 8.52. The van der Waals surface area contributed by atoms with E-state index in [2.05, 4.69) is 10.4 Å². The number of benzene rings is 2. The standard InChI is InChI=1S/C20H19N3O5/c1-28-15-9-5-6-13(10-15)16(12-19(25)26)21-20(27)17-11-18(24)23(22-17)14-7-3-2-4-8-14/h2-11,16,22H,12H2,1H3,(H,21,27)(H,25,26). The first-order chi connectivity index (χ1) is 13.5. The van der Waals surface area contributed by atoms with Gasteiger partial charge in [0.05, 0.1) is 25.3 Å². The van der Waals surface area contributed by atoms with Crippen LogP contribution < -0.4 is 15.6 Å². The SMILES string of the molecule is COc1cccc(C(CC(=O)O)NC(=O)c2cc(=O)n(-c3ccccc3)[nH]2)c1. The van der Waals surface area contributed by atoms with Gasteiger partial charge in [0.2, 0.25) is 0 Å². The molecule has 2 aromatic carbocycles. The van der Waals surface area contributed by atoms with E-state index in [0.29, 0.717) is 17.0 Å². The molecule has 0 aliphatic heterocycles. The number of nitrogens with one attached hydrogen (secondary N) is 2. The molecule has 3 aromatic rings. The summed E-state index contributed by atoms with van der Waals surface area (Å²) in [4.78, 5) is 36.1. The van der Waals surface area contributed by atoms with Gasteiger partial charge in [-0.1, -0.05) is 30.3 Å². The lowest BCUT2D eigenvalue weighted by atomic mass is 10.0. The van der Waals surface area contributed by atoms with Crippen LogP contribution in [0.3, 0.4) is 0 Å². The van der Waals surface area contributed by atoms with Gasteiger partial charge in [-0.25, -0.2) is 4.68 Å². The van der Waals surface area contributed by atoms with Crippen molar-refractivity contribution in [2.45, 2.75) is 12.5 Å². The fraction of sp³-hybridized carbons (Fsp3) is 0.150. The average molecular weight is 381 g/mol. The van der Waals surface area contributed by atoms with Crippen LogP contribution in [-0.4, -0.2) is 33.9 Å². The number of amides is 1. The molecule has 1 aromatic heterocycles. The maximum absolute atomic E-state index is 12.6. The summed E-state index contributed by atoms with van der Waals surface area (Å²) in [5.74, 6) is -1.10. The molecule has 3 N–H and O–H groups in total. The van der Waals surface area contributed by atoms with Gasteiger partial charge in [-0.05, 0) is 29.8 Å². The number of para-hydroxylation sites is 1. The van der Waals surface area contributed by atoms with Crippen LogP contribution in [0.15, 0.2) is 65.5 Å². The van der Waals surface area contributed by atoms with Crippen LogP contribution in [0.4, 0.5) is 0 Å². The zero-order valence-corrected chi connectivity index (χ0v) is 15.1. The van der Waals surface area contributed by atoms with Gasteiger partial charge in [-0.2, -0.15) is 0 Å². The van der Waals surface area contributed by atoms with Crippen LogP contribution in [0.2, 0.25) is 0 Å². The largest absolute Gasteiger partial charge is 0.497 e. The first kappa shape index (κ1) is 19.0. The third-order valence-corrected chi connectivity index (χ3v) is 4.16. The fourth-order valence-electron chi connectivity index (χ4n) is 2.80. The zero-order chi connectivity index (χ0) is 20.1. The highest BCUT2D eigenvalue weighted by atomic mass is 16.5. The Morgan fingerprint density at radius 2 is 1.89 bits per heavy atom. The predicted octanol–water partition coefficient (Wildman–Crippen LogP) is 2.12. The zero-order valence-electron chi connectivity index (χ0n) is 15.1. The van der Waals surface area contributed by atoms with Crippen molar-refractivity contribution in [3.8, 4) is 11.4 Å². The number of ether oxygens (including phenoxy) is 1. The highest BCUT2D eigenvalue weighted by Crippen LogP contribution is 2.22. The Labute approximate surface area is 160 Å². The number of hydrogen-bond acceptors (Lipinski definition) is 4. The first-order valence-corrected chi connectivity index (χ1v) is 8.52. The van der Waals surface area contributed by atoms with E-state index in [0.717, 1.165) is 0 Å². The topological polar surface area (TPSA) is 113 Å². The van der Waals surface area contributed by atoms with E-state index in [4.69, 9.17) is 4.74 Å². The molecule has 0 radical (unpaired) electrons. The van der Waals surface area contributed by atoms with E-state index < -0.39 is 23.5 Å². The molecule has 0 aliphatic carbocycles. The van der Waals surface area contributed by atoms with Crippen molar-refractivity contribution < 1.29 is 19.4 Å². The van der Waals surface area contributed by atoms with Gasteiger partial charge in [0.25, 0.3) is 11.5 Å². The number of aromatic nitrogens is 2. The molecule has 1 unspecified atom stereocenters. The van der Waals surface area contributed by atoms with Crippen LogP contribution in [0.1, 0.15) is 28.5 Å². The minimum atomic E-state index is -1.07. The average Bonchev–Trinajstić information content (AvgIpc) is 3.09. The number of carbonyl (C=O) groups excluding carboxylic acids is 1. The van der Waals surface area contributed by atoms with Crippen molar-refractivity contribution in [2.75, 3.05) is 7.11 Å². The summed E-state index contributed by atoms with van der Waals surface area (Å²) in [6.45, 7) is 0. The van der Waals surface area contributed by atoms with Crippen LogP contribution >= 0.6 is 0 Å². The molecule has 144 valence electrons. The molecular formula is C20H19N3O5. The Bertz CT molecular complexity index is 1040. The van der Waals surface area contributed by atoms with Gasteiger partial charge < -0.3 is 15.2 Å². The lowest BCUT2D eigenvalue weighted by Crippen LogP contribution is -2.30. The number of aromatic amines is 1. The van der Waals surface area contributed by atoms with E-state index in [1.807, 2.05) is 6.07 Å². The molecule has 28 heavy (non-hydrogen) atoms. The Morgan fingerprint density at radius 3 is 2.57 bits per heavy atom. The van der Waals surface area contributed by atoms with Crippen LogP contribution in [0.25, 0.3) is 5.69 Å². The number of methoxy groups -OCH3 is 1. The van der Waals surface area contributed by atoms with Crippen molar-refractivity contribution in [3.05, 3.63) is 82.3 Å². The van der Waals surface area contributed by atoms with E-state index in [1.165, 1.54) is 17.9 Å². The van der Waals surface area contributed by atoms with E-state index in [9.17, 15) is 19.5 Å². The molecule has 1 amide bonds. The van der Waals surface area contributed by atoms with Crippen molar-refractivity contribution in [1.82, 2.24) is 15.1 Å². The van der Waals surface area contributed by atoms with Crippen molar-refractivity contribution >= 4 is 11.9 Å². The summed E-state index contributed by atoms with van der Waals surface area (Å²) in [6.07, 6.45) is -0.317. The molecule has 3 rings (SSSR count). The summed E-state index contributed by atoms with van der Waals surface area (Å²) in [6, 6.07) is 16.0. The van der Waals surface area contributed by atoms with Gasteiger partial charge >= 0.3 is 5.97 Å². The number of carboxylic acid groups (broad SMARTS) is 1. The summed E-state index contributed by atoms with van der Waals surface area (Å²) in [5.41, 5.74) is 0.807. The highest BCUT2D eigenvalue weighted by Gasteiger charge is 2.21. The fourth-order valence-corrected chi connectivity index (χ4v) is 2.80. The molecule has 1 atom stereocenters. The van der Waals surface area contributed by atoms with Crippen molar-refractivity contribution in [2.24, 2.45) is 0 Å². The summed E-state index contributed by atoms with van der Waals surface area (Å²) >= 11 is 0. The smallest absolute Gasteiger partial charge is 0.305 e. The second-order valence-electron chi connectivity index (χ2n) is 6.08. The maximum atomic E-state index is 12.6. The lowest BCUT2D eigenvalue weighted by molar-refractivity contribution is -0.137. The molecule has 0 fully saturated rings. The van der Waals surface area contributed by atoms with Gasteiger partial charge in [0.15, 0.2) is 0 Å². The Morgan fingerprint density at radius 1 is 1.14 bits per heavy atom. The van der Waals surface area contributed by atoms with Crippen molar-refractivity contribution in [1.29, 1.82) is 0 Å². The normalized spacial score (nSPS) is 11.6. The molecule has 8 nitrogen and oxygen atoms in total. The predicted molar refractivity (Wildman–Crippen MR) is 102 cm³/mol. The van der Waals surface area contributed by atoms with E-state index in [1.54, 1.807) is 48.5 Å². The third-order valence-electron chi connectivity index (χ3n) is 4.16. The monoisotopic (exact) mass is 381 g/mol. The Balaban J connectivity index is 1.86. The van der Waals surface area contributed by atoms with Crippen LogP contribution in [0.5, 0.6) is 5.75 Å². The molecule has 0 aliphatic rings. The van der Waals surface area contributed by atoms with E-state index in [-0.39, 0.29) is 12.1 Å². The summed E-state index contributed by atoms with van der Waals surface area (Å²) in [5, 5.41) is 14.6. The molecular weight excluding hydrogens is 362 g/mol. The van der Waals surface area contributed by atoms with E-state index >= 15 is 0 Å². The Kier molecular flexibility index (Phi) is 5.59.